The predicted molar refractivity (Wildman–Crippen MR) is 86.2 cm³/mol. The Kier molecular flexibility index (Phi) is 3.96. The molecule has 22 heavy (non-hydrogen) atoms. The van der Waals surface area contributed by atoms with Crippen LogP contribution >= 0.6 is 0 Å². The van der Waals surface area contributed by atoms with Crippen LogP contribution in [0.4, 0.5) is 0 Å². The Morgan fingerprint density at radius 3 is 2.59 bits per heavy atom. The number of hydrogen-bond donors (Lipinski definition) is 2. The Balaban J connectivity index is 1.69. The number of benzene rings is 2. The van der Waals surface area contributed by atoms with Crippen molar-refractivity contribution in [1.82, 2.24) is 14.7 Å². The van der Waals surface area contributed by atoms with E-state index in [0.717, 1.165) is 22.4 Å². The first-order chi connectivity index (χ1) is 10.6. The molecule has 0 saturated carbocycles. The Labute approximate surface area is 129 Å². The number of nitrogens with one attached hydrogen (secondary N) is 2. The van der Waals surface area contributed by atoms with Crippen molar-refractivity contribution < 1.29 is 8.42 Å². The average Bonchev–Trinajstić information content (AvgIpc) is 2.90. The lowest BCUT2D eigenvalue weighted by molar-refractivity contribution is 0.580. The van der Waals surface area contributed by atoms with Gasteiger partial charge >= 0.3 is 0 Å². The van der Waals surface area contributed by atoms with Crippen LogP contribution in [0.2, 0.25) is 0 Å². The van der Waals surface area contributed by atoms with Crippen LogP contribution in [0, 0.1) is 6.92 Å². The largest absolute Gasteiger partial charge is 0.342 e. The van der Waals surface area contributed by atoms with E-state index < -0.39 is 10.0 Å². The smallest absolute Gasteiger partial charge is 0.240 e. The fourth-order valence-electron chi connectivity index (χ4n) is 2.36. The van der Waals surface area contributed by atoms with Crippen molar-refractivity contribution in [2.45, 2.75) is 18.2 Å². The van der Waals surface area contributed by atoms with Crippen LogP contribution in [0.1, 0.15) is 11.4 Å². The second-order valence-electron chi connectivity index (χ2n) is 5.11. The van der Waals surface area contributed by atoms with Crippen LogP contribution in [0.5, 0.6) is 0 Å². The standard InChI is InChI=1S/C16H17N3O2S/c1-12-6-2-5-9-15(12)22(20,21)17-11-10-16-18-13-7-3-4-8-14(13)19-16/h2-9,17H,10-11H2,1H3,(H,18,19). The second kappa shape index (κ2) is 5.90. The molecule has 114 valence electrons. The minimum Gasteiger partial charge on any atom is -0.342 e. The number of imidazole rings is 1. The van der Waals surface area contributed by atoms with Crippen molar-refractivity contribution in [3.63, 3.8) is 0 Å². The van der Waals surface area contributed by atoms with Crippen molar-refractivity contribution in [3.05, 3.63) is 59.9 Å². The van der Waals surface area contributed by atoms with Gasteiger partial charge in [0.05, 0.1) is 15.9 Å². The summed E-state index contributed by atoms with van der Waals surface area (Å²) in [5.74, 6) is 0.772. The molecule has 0 aliphatic rings. The Morgan fingerprint density at radius 1 is 1.09 bits per heavy atom. The number of aromatic amines is 1. The molecule has 0 saturated heterocycles. The predicted octanol–water partition coefficient (Wildman–Crippen LogP) is 2.39. The highest BCUT2D eigenvalue weighted by atomic mass is 32.2. The van der Waals surface area contributed by atoms with E-state index in [2.05, 4.69) is 14.7 Å². The lowest BCUT2D eigenvalue weighted by atomic mass is 10.2. The topological polar surface area (TPSA) is 74.8 Å². The molecule has 3 rings (SSSR count). The van der Waals surface area contributed by atoms with Gasteiger partial charge in [-0.25, -0.2) is 18.1 Å². The van der Waals surface area contributed by atoms with Gasteiger partial charge in [0.15, 0.2) is 0 Å². The molecule has 0 amide bonds. The molecule has 6 heteroatoms. The summed E-state index contributed by atoms with van der Waals surface area (Å²) < 4.78 is 27.2. The van der Waals surface area contributed by atoms with Crippen LogP contribution in [0.3, 0.4) is 0 Å². The van der Waals surface area contributed by atoms with Crippen molar-refractivity contribution >= 4 is 21.1 Å². The van der Waals surface area contributed by atoms with Gasteiger partial charge in [0.2, 0.25) is 10.0 Å². The van der Waals surface area contributed by atoms with E-state index in [4.69, 9.17) is 0 Å². The number of rotatable bonds is 5. The summed E-state index contributed by atoms with van der Waals surface area (Å²) in [7, 11) is -3.48. The highest BCUT2D eigenvalue weighted by molar-refractivity contribution is 7.89. The van der Waals surface area contributed by atoms with E-state index in [1.807, 2.05) is 30.3 Å². The van der Waals surface area contributed by atoms with E-state index in [0.29, 0.717) is 17.9 Å². The molecule has 3 aromatic rings. The lowest BCUT2D eigenvalue weighted by Crippen LogP contribution is -2.26. The molecule has 2 aromatic carbocycles. The summed E-state index contributed by atoms with van der Waals surface area (Å²) in [6, 6.07) is 14.7. The van der Waals surface area contributed by atoms with E-state index in [1.165, 1.54) is 0 Å². The summed E-state index contributed by atoms with van der Waals surface area (Å²) in [6.45, 7) is 2.09. The summed E-state index contributed by atoms with van der Waals surface area (Å²) in [4.78, 5) is 7.94. The zero-order valence-electron chi connectivity index (χ0n) is 12.2. The van der Waals surface area contributed by atoms with Gasteiger partial charge in [-0.05, 0) is 30.7 Å². The van der Waals surface area contributed by atoms with Crippen molar-refractivity contribution in [3.8, 4) is 0 Å². The fraction of sp³-hybridized carbons (Fsp3) is 0.188. The quantitative estimate of drug-likeness (QED) is 0.759. The van der Waals surface area contributed by atoms with Crippen molar-refractivity contribution in [2.24, 2.45) is 0 Å². The zero-order chi connectivity index (χ0) is 15.6. The maximum absolute atomic E-state index is 12.3. The third kappa shape index (κ3) is 3.03. The fourth-order valence-corrected chi connectivity index (χ4v) is 3.64. The van der Waals surface area contributed by atoms with Gasteiger partial charge in [0, 0.05) is 13.0 Å². The van der Waals surface area contributed by atoms with Gasteiger partial charge in [-0.1, -0.05) is 30.3 Å². The molecule has 0 aliphatic carbocycles. The van der Waals surface area contributed by atoms with E-state index >= 15 is 0 Å². The molecule has 2 N–H and O–H groups in total. The molecule has 0 fully saturated rings. The highest BCUT2D eigenvalue weighted by Crippen LogP contribution is 2.14. The summed E-state index contributed by atoms with van der Waals surface area (Å²) >= 11 is 0. The third-order valence-corrected chi connectivity index (χ3v) is 5.10. The number of aryl methyl sites for hydroxylation is 1. The number of aromatic nitrogens is 2. The zero-order valence-corrected chi connectivity index (χ0v) is 13.0. The monoisotopic (exact) mass is 315 g/mol. The molecule has 0 unspecified atom stereocenters. The molecule has 0 atom stereocenters. The number of hydrogen-bond acceptors (Lipinski definition) is 3. The van der Waals surface area contributed by atoms with Crippen LogP contribution < -0.4 is 4.72 Å². The van der Waals surface area contributed by atoms with E-state index in [1.54, 1.807) is 25.1 Å². The number of nitrogens with zero attached hydrogens (tertiary/aromatic N) is 1. The summed E-state index contributed by atoms with van der Waals surface area (Å²) in [6.07, 6.45) is 0.514. The Morgan fingerprint density at radius 2 is 1.82 bits per heavy atom. The summed E-state index contributed by atoms with van der Waals surface area (Å²) in [5.41, 5.74) is 2.58. The number of H-pyrrole nitrogens is 1. The van der Waals surface area contributed by atoms with Crippen LogP contribution in [0.25, 0.3) is 11.0 Å². The first-order valence-corrected chi connectivity index (χ1v) is 8.53. The first kappa shape index (κ1) is 14.7. The minimum absolute atomic E-state index is 0.302. The van der Waals surface area contributed by atoms with Gasteiger partial charge in [0.1, 0.15) is 5.82 Å². The number of para-hydroxylation sites is 2. The van der Waals surface area contributed by atoms with Gasteiger partial charge in [-0.15, -0.1) is 0 Å². The molecule has 5 nitrogen and oxygen atoms in total. The molecule has 0 aliphatic heterocycles. The number of sulfonamides is 1. The van der Waals surface area contributed by atoms with E-state index in [9.17, 15) is 8.42 Å². The normalized spacial score (nSPS) is 11.9. The molecule has 1 aromatic heterocycles. The maximum atomic E-state index is 12.3. The molecule has 0 bridgehead atoms. The second-order valence-corrected chi connectivity index (χ2v) is 6.85. The van der Waals surface area contributed by atoms with Crippen LogP contribution in [-0.4, -0.2) is 24.9 Å². The van der Waals surface area contributed by atoms with Crippen LogP contribution in [0.15, 0.2) is 53.4 Å². The molecule has 0 radical (unpaired) electrons. The molecular formula is C16H17N3O2S. The number of fused-ring (bicyclic) bond motifs is 1. The maximum Gasteiger partial charge on any atom is 0.240 e. The third-order valence-electron chi connectivity index (χ3n) is 3.48. The van der Waals surface area contributed by atoms with E-state index in [-0.39, 0.29) is 0 Å². The Hall–Kier alpha value is -2.18. The van der Waals surface area contributed by atoms with Gasteiger partial charge in [0.25, 0.3) is 0 Å². The lowest BCUT2D eigenvalue weighted by Gasteiger charge is -2.08. The average molecular weight is 315 g/mol. The van der Waals surface area contributed by atoms with Crippen molar-refractivity contribution in [1.29, 1.82) is 0 Å². The van der Waals surface area contributed by atoms with Gasteiger partial charge in [-0.3, -0.25) is 0 Å². The first-order valence-electron chi connectivity index (χ1n) is 7.05. The molecular weight excluding hydrogens is 298 g/mol. The Bertz CT molecular complexity index is 867. The van der Waals surface area contributed by atoms with Crippen molar-refractivity contribution in [2.75, 3.05) is 6.54 Å². The highest BCUT2D eigenvalue weighted by Gasteiger charge is 2.15. The van der Waals surface area contributed by atoms with Crippen LogP contribution in [-0.2, 0) is 16.4 Å². The SMILES string of the molecule is Cc1ccccc1S(=O)(=O)NCCc1nc2ccccc2[nH]1. The van der Waals surface area contributed by atoms with Gasteiger partial charge in [-0.2, -0.15) is 0 Å². The van der Waals surface area contributed by atoms with Gasteiger partial charge < -0.3 is 4.98 Å². The molecule has 1 heterocycles. The molecule has 0 spiro atoms. The summed E-state index contributed by atoms with van der Waals surface area (Å²) in [5, 5.41) is 0. The minimum atomic E-state index is -3.48.